The molecule has 2 aromatic rings. The van der Waals surface area contributed by atoms with E-state index < -0.39 is 38.4 Å². The van der Waals surface area contributed by atoms with E-state index in [0.717, 1.165) is 6.54 Å². The fraction of sp³-hybridized carbons (Fsp3) is 0.368. The third kappa shape index (κ3) is 5.78. The van der Waals surface area contributed by atoms with E-state index in [9.17, 15) is 34.8 Å². The van der Waals surface area contributed by atoms with E-state index in [2.05, 4.69) is 0 Å². The molecule has 0 aromatic heterocycles. The maximum absolute atomic E-state index is 13.1. The van der Waals surface area contributed by atoms with Gasteiger partial charge in [-0.2, -0.15) is 26.3 Å². The molecule has 0 radical (unpaired) electrons. The van der Waals surface area contributed by atoms with Crippen LogP contribution in [0.3, 0.4) is 0 Å². The number of hydrogen-bond acceptors (Lipinski definition) is 4. The van der Waals surface area contributed by atoms with Crippen LogP contribution in [0.2, 0.25) is 5.02 Å². The van der Waals surface area contributed by atoms with Crippen molar-refractivity contribution >= 4 is 27.3 Å². The zero-order valence-electron chi connectivity index (χ0n) is 16.4. The van der Waals surface area contributed by atoms with Crippen LogP contribution >= 0.6 is 11.6 Å². The van der Waals surface area contributed by atoms with Crippen LogP contribution in [0.4, 0.5) is 32.0 Å². The van der Waals surface area contributed by atoms with E-state index in [1.807, 2.05) is 16.7 Å². The third-order valence-corrected chi connectivity index (χ3v) is 6.37. The molecule has 0 spiro atoms. The summed E-state index contributed by atoms with van der Waals surface area (Å²) in [5.41, 5.74) is -3.61. The summed E-state index contributed by atoms with van der Waals surface area (Å²) >= 11 is 6.08. The molecule has 1 fully saturated rings. The van der Waals surface area contributed by atoms with Gasteiger partial charge >= 0.3 is 12.4 Å². The number of rotatable bonds is 5. The van der Waals surface area contributed by atoms with Crippen LogP contribution in [-0.4, -0.2) is 39.6 Å². The lowest BCUT2D eigenvalue weighted by Gasteiger charge is -2.17. The molecular weight excluding hydrogens is 486 g/mol. The smallest absolute Gasteiger partial charge is 0.416 e. The van der Waals surface area contributed by atoms with E-state index in [-0.39, 0.29) is 40.8 Å². The number of anilines is 1. The Morgan fingerprint density at radius 2 is 1.62 bits per heavy atom. The maximum atomic E-state index is 13.1. The summed E-state index contributed by atoms with van der Waals surface area (Å²) in [6.45, 7) is 1.39. The Kier molecular flexibility index (Phi) is 6.60. The van der Waals surface area contributed by atoms with Crippen molar-refractivity contribution in [1.29, 1.82) is 0 Å². The molecule has 13 heteroatoms. The van der Waals surface area contributed by atoms with Crippen molar-refractivity contribution in [1.82, 2.24) is 4.90 Å². The molecule has 3 rings (SSSR count). The molecule has 2 aromatic carbocycles. The predicted molar refractivity (Wildman–Crippen MR) is 105 cm³/mol. The minimum atomic E-state index is -5.18. The van der Waals surface area contributed by atoms with Gasteiger partial charge in [0.1, 0.15) is 11.9 Å². The van der Waals surface area contributed by atoms with E-state index >= 15 is 0 Å². The van der Waals surface area contributed by atoms with Crippen LogP contribution < -0.4 is 9.46 Å². The molecule has 0 amide bonds. The summed E-state index contributed by atoms with van der Waals surface area (Å²) < 4.78 is 111. The monoisotopic (exact) mass is 502 g/mol. The first-order valence-corrected chi connectivity index (χ1v) is 11.0. The lowest BCUT2D eigenvalue weighted by Crippen LogP contribution is -2.21. The van der Waals surface area contributed by atoms with Gasteiger partial charge in [0.25, 0.3) is 10.0 Å². The Hall–Kier alpha value is -2.18. The molecule has 176 valence electrons. The van der Waals surface area contributed by atoms with Crippen molar-refractivity contribution in [2.45, 2.75) is 29.8 Å². The average Bonchev–Trinajstić information content (AvgIpc) is 3.07. The predicted octanol–water partition coefficient (Wildman–Crippen LogP) is 5.26. The number of benzene rings is 2. The van der Waals surface area contributed by atoms with E-state index in [0.29, 0.717) is 13.0 Å². The maximum Gasteiger partial charge on any atom is 0.416 e. The number of sulfonamides is 1. The normalized spacial score (nSPS) is 18.1. The third-order valence-electron chi connectivity index (χ3n) is 4.70. The second-order valence-electron chi connectivity index (χ2n) is 7.28. The van der Waals surface area contributed by atoms with Gasteiger partial charge in [-0.15, -0.1) is 0 Å². The molecule has 1 heterocycles. The number of nitrogens with one attached hydrogen (secondary N) is 1. The molecule has 1 N–H and O–H groups in total. The molecule has 32 heavy (non-hydrogen) atoms. The van der Waals surface area contributed by atoms with Gasteiger partial charge < -0.3 is 9.64 Å². The van der Waals surface area contributed by atoms with Crippen molar-refractivity contribution in [2.24, 2.45) is 0 Å². The summed E-state index contributed by atoms with van der Waals surface area (Å²) in [5.74, 6) is 0.132. The van der Waals surface area contributed by atoms with Crippen LogP contribution in [0.15, 0.2) is 41.3 Å². The first kappa shape index (κ1) is 24.5. The molecular formula is C19H17ClF6N2O3S. The van der Waals surface area contributed by atoms with Crippen molar-refractivity contribution in [3.8, 4) is 5.75 Å². The lowest BCUT2D eigenvalue weighted by molar-refractivity contribution is -0.143. The lowest BCUT2D eigenvalue weighted by atomic mass is 10.1. The van der Waals surface area contributed by atoms with Crippen LogP contribution in [0.1, 0.15) is 17.5 Å². The second kappa shape index (κ2) is 8.64. The first-order chi connectivity index (χ1) is 14.6. The molecule has 5 nitrogen and oxygen atoms in total. The first-order valence-electron chi connectivity index (χ1n) is 9.12. The standard InChI is InChI=1S/C19H17ClF6N2O3S/c1-28-5-4-14(10-28)31-17-9-13(2-3-16(17)20)27-32(29,30)15-7-11(18(21,22)23)6-12(8-15)19(24,25)26/h2-3,6-9,14,27H,4-5,10H2,1H3/t14-/m1/s1. The Morgan fingerprint density at radius 3 is 2.12 bits per heavy atom. The van der Waals surface area contributed by atoms with Gasteiger partial charge in [-0.1, -0.05) is 11.6 Å². The number of nitrogens with zero attached hydrogens (tertiary/aromatic N) is 1. The van der Waals surface area contributed by atoms with Gasteiger partial charge in [0.15, 0.2) is 0 Å². The Balaban J connectivity index is 1.93. The van der Waals surface area contributed by atoms with Crippen molar-refractivity contribution in [2.75, 3.05) is 24.9 Å². The molecule has 1 aliphatic rings. The van der Waals surface area contributed by atoms with Crippen molar-refractivity contribution < 1.29 is 39.5 Å². The highest BCUT2D eigenvalue weighted by molar-refractivity contribution is 7.92. The molecule has 0 bridgehead atoms. The number of likely N-dealkylation sites (tertiary alicyclic amines) is 1. The number of hydrogen-bond donors (Lipinski definition) is 1. The zero-order valence-corrected chi connectivity index (χ0v) is 18.0. The minimum absolute atomic E-state index is 0.132. The molecule has 0 unspecified atom stereocenters. The van der Waals surface area contributed by atoms with Gasteiger partial charge in [0.05, 0.1) is 26.7 Å². The molecule has 0 saturated carbocycles. The molecule has 1 atom stereocenters. The largest absolute Gasteiger partial charge is 0.487 e. The van der Waals surface area contributed by atoms with E-state index in [4.69, 9.17) is 16.3 Å². The van der Waals surface area contributed by atoms with Crippen LogP contribution in [0.25, 0.3) is 0 Å². The molecule has 1 saturated heterocycles. The number of alkyl halides is 6. The van der Waals surface area contributed by atoms with Gasteiger partial charge in [0.2, 0.25) is 0 Å². The highest BCUT2D eigenvalue weighted by atomic mass is 35.5. The second-order valence-corrected chi connectivity index (χ2v) is 9.37. The molecule has 1 aliphatic heterocycles. The van der Waals surface area contributed by atoms with Gasteiger partial charge in [-0.25, -0.2) is 8.42 Å². The molecule has 0 aliphatic carbocycles. The van der Waals surface area contributed by atoms with E-state index in [1.165, 1.54) is 18.2 Å². The fourth-order valence-electron chi connectivity index (χ4n) is 3.12. The highest BCUT2D eigenvalue weighted by Gasteiger charge is 2.38. The summed E-state index contributed by atoms with van der Waals surface area (Å²) in [7, 11) is -2.91. The minimum Gasteiger partial charge on any atom is -0.487 e. The van der Waals surface area contributed by atoms with Crippen molar-refractivity contribution in [3.63, 3.8) is 0 Å². The number of likely N-dealkylation sites (N-methyl/N-ethyl adjacent to an activating group) is 1. The Labute approximate surface area is 185 Å². The topological polar surface area (TPSA) is 58.6 Å². The van der Waals surface area contributed by atoms with Gasteiger partial charge in [-0.3, -0.25) is 4.72 Å². The van der Waals surface area contributed by atoms with Gasteiger partial charge in [0, 0.05) is 19.2 Å². The zero-order chi connectivity index (χ0) is 23.9. The quantitative estimate of drug-likeness (QED) is 0.567. The summed E-state index contributed by atoms with van der Waals surface area (Å²) in [5, 5.41) is 0.168. The van der Waals surface area contributed by atoms with Gasteiger partial charge in [-0.05, 0) is 43.8 Å². The van der Waals surface area contributed by atoms with Crippen LogP contribution in [-0.2, 0) is 22.4 Å². The van der Waals surface area contributed by atoms with Crippen LogP contribution in [0.5, 0.6) is 5.75 Å². The summed E-state index contributed by atoms with van der Waals surface area (Å²) in [4.78, 5) is 0.825. The summed E-state index contributed by atoms with van der Waals surface area (Å²) in [6.07, 6.45) is -9.86. The Bertz CT molecular complexity index is 1070. The number of halogens is 7. The van der Waals surface area contributed by atoms with Crippen LogP contribution in [0, 0.1) is 0 Å². The Morgan fingerprint density at radius 1 is 1.03 bits per heavy atom. The SMILES string of the molecule is CN1CC[C@@H](Oc2cc(NS(=O)(=O)c3cc(C(F)(F)F)cc(C(F)(F)F)c3)ccc2Cl)C1. The summed E-state index contributed by atoms with van der Waals surface area (Å²) in [6, 6.07) is 3.87. The fourth-order valence-corrected chi connectivity index (χ4v) is 4.40. The number of ether oxygens (including phenoxy) is 1. The average molecular weight is 503 g/mol. The van der Waals surface area contributed by atoms with E-state index in [1.54, 1.807) is 0 Å². The highest BCUT2D eigenvalue weighted by Crippen LogP contribution is 2.38. The van der Waals surface area contributed by atoms with Crippen molar-refractivity contribution in [3.05, 3.63) is 52.5 Å².